The Morgan fingerprint density at radius 1 is 1.24 bits per heavy atom. The van der Waals surface area contributed by atoms with Crippen molar-refractivity contribution >= 4 is 35.4 Å². The Labute approximate surface area is 113 Å². The van der Waals surface area contributed by atoms with Crippen molar-refractivity contribution in [2.24, 2.45) is 5.73 Å². The number of benzene rings is 1. The largest absolute Gasteiger partial charge is 0.399 e. The molecule has 4 heteroatoms. The number of hydrogen-bond donors (Lipinski definition) is 2. The van der Waals surface area contributed by atoms with E-state index in [0.29, 0.717) is 0 Å². The van der Waals surface area contributed by atoms with Gasteiger partial charge in [-0.1, -0.05) is 30.4 Å². The van der Waals surface area contributed by atoms with Gasteiger partial charge in [0, 0.05) is 5.69 Å². The lowest BCUT2D eigenvalue weighted by molar-refractivity contribution is 0.761. The van der Waals surface area contributed by atoms with Crippen molar-refractivity contribution in [1.82, 2.24) is 0 Å². The second-order valence-corrected chi connectivity index (χ2v) is 5.15. The van der Waals surface area contributed by atoms with Gasteiger partial charge in [0.1, 0.15) is 0 Å². The van der Waals surface area contributed by atoms with Gasteiger partial charge in [0.25, 0.3) is 0 Å². The molecule has 0 saturated carbocycles. The van der Waals surface area contributed by atoms with Gasteiger partial charge in [-0.3, -0.25) is 0 Å². The van der Waals surface area contributed by atoms with Gasteiger partial charge in [0.2, 0.25) is 0 Å². The lowest BCUT2D eigenvalue weighted by Gasteiger charge is -2.25. The van der Waals surface area contributed by atoms with Gasteiger partial charge in [0.05, 0.1) is 4.87 Å². The normalized spacial score (nSPS) is 22.8. The summed E-state index contributed by atoms with van der Waals surface area (Å²) < 4.78 is 0. The first-order chi connectivity index (χ1) is 7.63. The molecule has 2 rings (SSSR count). The Bertz CT molecular complexity index is 439. The third-order valence-corrected chi connectivity index (χ3v) is 3.87. The number of nitrogen functional groups attached to an aromatic ring is 1. The quantitative estimate of drug-likeness (QED) is 0.640. The Morgan fingerprint density at radius 2 is 1.88 bits per heavy atom. The standard InChI is InChI=1S/C13H16N2S.ClH/c1-16-13(15)8-6-11(7-9-13)10-2-4-12(14)5-3-10;/h2-8H,9,14-15H2,1H3;1H. The van der Waals surface area contributed by atoms with Gasteiger partial charge in [-0.05, 0) is 35.9 Å². The van der Waals surface area contributed by atoms with E-state index in [-0.39, 0.29) is 17.3 Å². The molecule has 17 heavy (non-hydrogen) atoms. The fraction of sp³-hybridized carbons (Fsp3) is 0.231. The molecule has 2 nitrogen and oxygen atoms in total. The second-order valence-electron chi connectivity index (χ2n) is 3.98. The zero-order valence-electron chi connectivity index (χ0n) is 9.72. The van der Waals surface area contributed by atoms with E-state index in [1.54, 1.807) is 11.8 Å². The Balaban J connectivity index is 0.00000144. The van der Waals surface area contributed by atoms with Crippen LogP contribution in [0.3, 0.4) is 0 Å². The molecule has 0 bridgehead atoms. The lowest BCUT2D eigenvalue weighted by Crippen LogP contribution is -2.33. The Morgan fingerprint density at radius 3 is 2.35 bits per heavy atom. The zero-order chi connectivity index (χ0) is 11.6. The average Bonchev–Trinajstić information content (AvgIpc) is 2.32. The minimum Gasteiger partial charge on any atom is -0.399 e. The van der Waals surface area contributed by atoms with E-state index < -0.39 is 0 Å². The van der Waals surface area contributed by atoms with E-state index in [1.807, 2.05) is 30.5 Å². The summed E-state index contributed by atoms with van der Waals surface area (Å²) in [7, 11) is 0. The molecule has 0 aliphatic heterocycles. The van der Waals surface area contributed by atoms with Gasteiger partial charge in [-0.25, -0.2) is 0 Å². The number of thioether (sulfide) groups is 1. The molecule has 0 spiro atoms. The zero-order valence-corrected chi connectivity index (χ0v) is 11.4. The summed E-state index contributed by atoms with van der Waals surface area (Å²) in [6.45, 7) is 0. The molecule has 1 atom stereocenters. The number of anilines is 1. The lowest BCUT2D eigenvalue weighted by atomic mass is 9.97. The molecule has 1 aromatic rings. The van der Waals surface area contributed by atoms with E-state index in [0.717, 1.165) is 12.1 Å². The van der Waals surface area contributed by atoms with Crippen LogP contribution in [-0.2, 0) is 0 Å². The van der Waals surface area contributed by atoms with Crippen molar-refractivity contribution in [3.05, 3.63) is 48.1 Å². The molecule has 0 heterocycles. The Kier molecular flexibility index (Phi) is 4.69. The van der Waals surface area contributed by atoms with E-state index in [2.05, 4.69) is 18.2 Å². The van der Waals surface area contributed by atoms with Gasteiger partial charge in [0.15, 0.2) is 0 Å². The molecule has 1 aliphatic carbocycles. The number of allylic oxidation sites excluding steroid dienone is 2. The SMILES string of the molecule is CSC1(N)C=CC(c2ccc(N)cc2)=CC1.Cl. The number of rotatable bonds is 2. The van der Waals surface area contributed by atoms with Crippen molar-refractivity contribution in [3.63, 3.8) is 0 Å². The van der Waals surface area contributed by atoms with Crippen LogP contribution >= 0.6 is 24.2 Å². The molecular formula is C13H17ClN2S. The summed E-state index contributed by atoms with van der Waals surface area (Å²) in [5.41, 5.74) is 15.0. The van der Waals surface area contributed by atoms with Crippen LogP contribution in [0.2, 0.25) is 0 Å². The van der Waals surface area contributed by atoms with Gasteiger partial charge >= 0.3 is 0 Å². The molecule has 0 radical (unpaired) electrons. The first-order valence-electron chi connectivity index (χ1n) is 5.22. The van der Waals surface area contributed by atoms with Crippen LogP contribution in [0.25, 0.3) is 5.57 Å². The average molecular weight is 269 g/mol. The van der Waals surface area contributed by atoms with Gasteiger partial charge in [-0.15, -0.1) is 24.2 Å². The molecule has 0 aromatic heterocycles. The predicted molar refractivity (Wildman–Crippen MR) is 80.3 cm³/mol. The molecule has 0 saturated heterocycles. The van der Waals surface area contributed by atoms with Crippen LogP contribution in [-0.4, -0.2) is 11.1 Å². The molecule has 0 amide bonds. The number of halogens is 1. The van der Waals surface area contributed by atoms with Crippen molar-refractivity contribution in [1.29, 1.82) is 0 Å². The summed E-state index contributed by atoms with van der Waals surface area (Å²) in [5.74, 6) is 0. The van der Waals surface area contributed by atoms with Crippen molar-refractivity contribution in [3.8, 4) is 0 Å². The Hall–Kier alpha value is -0.900. The molecule has 1 aromatic carbocycles. The minimum absolute atomic E-state index is 0. The summed E-state index contributed by atoms with van der Waals surface area (Å²) in [5, 5.41) is 0. The molecule has 92 valence electrons. The molecule has 1 aliphatic rings. The minimum atomic E-state index is -0.239. The summed E-state index contributed by atoms with van der Waals surface area (Å²) >= 11 is 1.67. The molecule has 4 N–H and O–H groups in total. The topological polar surface area (TPSA) is 52.0 Å². The maximum absolute atomic E-state index is 6.13. The summed E-state index contributed by atoms with van der Waals surface area (Å²) in [6.07, 6.45) is 9.24. The van der Waals surface area contributed by atoms with Gasteiger partial charge in [-0.2, -0.15) is 0 Å². The second kappa shape index (κ2) is 5.63. The molecular weight excluding hydrogens is 252 g/mol. The van der Waals surface area contributed by atoms with Crippen LogP contribution in [0.15, 0.2) is 42.5 Å². The highest BCUT2D eigenvalue weighted by molar-refractivity contribution is 8.00. The maximum atomic E-state index is 6.13. The van der Waals surface area contributed by atoms with E-state index in [4.69, 9.17) is 11.5 Å². The summed E-state index contributed by atoms with van der Waals surface area (Å²) in [4.78, 5) is -0.239. The fourth-order valence-corrected chi connectivity index (χ4v) is 2.13. The first-order valence-corrected chi connectivity index (χ1v) is 6.45. The maximum Gasteiger partial charge on any atom is 0.0842 e. The number of hydrogen-bond acceptors (Lipinski definition) is 3. The van der Waals surface area contributed by atoms with E-state index in [1.165, 1.54) is 11.1 Å². The smallest absolute Gasteiger partial charge is 0.0842 e. The predicted octanol–water partition coefficient (Wildman–Crippen LogP) is 3.05. The van der Waals surface area contributed by atoms with Crippen LogP contribution in [0.4, 0.5) is 5.69 Å². The third-order valence-electron chi connectivity index (χ3n) is 2.81. The van der Waals surface area contributed by atoms with Gasteiger partial charge < -0.3 is 11.5 Å². The molecule has 0 fully saturated rings. The van der Waals surface area contributed by atoms with E-state index >= 15 is 0 Å². The van der Waals surface area contributed by atoms with Crippen LogP contribution in [0, 0.1) is 0 Å². The molecule has 1 unspecified atom stereocenters. The van der Waals surface area contributed by atoms with E-state index in [9.17, 15) is 0 Å². The van der Waals surface area contributed by atoms with Crippen LogP contribution in [0.5, 0.6) is 0 Å². The first kappa shape index (κ1) is 14.2. The van der Waals surface area contributed by atoms with Crippen LogP contribution < -0.4 is 11.5 Å². The van der Waals surface area contributed by atoms with Crippen molar-refractivity contribution in [2.45, 2.75) is 11.3 Å². The summed E-state index contributed by atoms with van der Waals surface area (Å²) in [6, 6.07) is 7.91. The monoisotopic (exact) mass is 268 g/mol. The van der Waals surface area contributed by atoms with Crippen LogP contribution in [0.1, 0.15) is 12.0 Å². The fourth-order valence-electron chi connectivity index (χ4n) is 1.68. The number of nitrogens with two attached hydrogens (primary N) is 2. The highest BCUT2D eigenvalue weighted by Gasteiger charge is 2.21. The van der Waals surface area contributed by atoms with Crippen molar-refractivity contribution in [2.75, 3.05) is 12.0 Å². The highest BCUT2D eigenvalue weighted by Crippen LogP contribution is 2.31. The van der Waals surface area contributed by atoms with Crippen molar-refractivity contribution < 1.29 is 0 Å². The third kappa shape index (κ3) is 3.28. The highest BCUT2D eigenvalue weighted by atomic mass is 35.5.